The molecule has 0 spiro atoms. The number of aromatic amines is 1. The molecular formula is C19H12F5N5O. The van der Waals surface area contributed by atoms with Crippen LogP contribution in [0.3, 0.4) is 0 Å². The minimum Gasteiger partial charge on any atom is -0.337 e. The molecule has 4 rings (SSSR count). The van der Waals surface area contributed by atoms with Crippen molar-refractivity contribution in [2.75, 3.05) is 5.32 Å². The second-order valence-corrected chi connectivity index (χ2v) is 6.29. The fourth-order valence-electron chi connectivity index (χ4n) is 2.89. The van der Waals surface area contributed by atoms with Crippen molar-refractivity contribution in [1.82, 2.24) is 19.7 Å². The highest BCUT2D eigenvalue weighted by atomic mass is 19.4. The summed E-state index contributed by atoms with van der Waals surface area (Å²) in [5.74, 6) is -1.26. The van der Waals surface area contributed by atoms with Gasteiger partial charge in [-0.3, -0.25) is 4.79 Å². The topological polar surface area (TPSA) is 75.6 Å². The first-order valence-electron chi connectivity index (χ1n) is 8.53. The van der Waals surface area contributed by atoms with Gasteiger partial charge in [0.1, 0.15) is 0 Å². The van der Waals surface area contributed by atoms with Crippen molar-refractivity contribution in [1.29, 1.82) is 0 Å². The van der Waals surface area contributed by atoms with Gasteiger partial charge in [-0.15, -0.1) is 0 Å². The molecule has 6 nitrogen and oxygen atoms in total. The average Bonchev–Trinajstić information content (AvgIpc) is 3.36. The number of halogens is 5. The van der Waals surface area contributed by atoms with Crippen LogP contribution in [0.1, 0.15) is 28.2 Å². The van der Waals surface area contributed by atoms with Gasteiger partial charge in [0.05, 0.1) is 28.0 Å². The second-order valence-electron chi connectivity index (χ2n) is 6.29. The molecule has 0 saturated heterocycles. The maximum absolute atomic E-state index is 13.1. The lowest BCUT2D eigenvalue weighted by molar-refractivity contribution is -0.137. The molecule has 2 aromatic carbocycles. The van der Waals surface area contributed by atoms with Gasteiger partial charge in [0, 0.05) is 18.0 Å². The molecule has 11 heteroatoms. The summed E-state index contributed by atoms with van der Waals surface area (Å²) in [5.41, 5.74) is -0.344. The van der Waals surface area contributed by atoms with Crippen molar-refractivity contribution < 1.29 is 26.7 Å². The van der Waals surface area contributed by atoms with E-state index in [4.69, 9.17) is 0 Å². The van der Waals surface area contributed by atoms with E-state index < -0.39 is 29.9 Å². The SMILES string of the molecule is O=C(Nc1cc(C(F)(F)F)ccc1-n1cccn1)c1ccc2nc(C(F)F)[nH]c2c1. The van der Waals surface area contributed by atoms with Gasteiger partial charge in [-0.05, 0) is 42.5 Å². The van der Waals surface area contributed by atoms with Crippen molar-refractivity contribution >= 4 is 22.6 Å². The quantitative estimate of drug-likeness (QED) is 0.458. The zero-order valence-electron chi connectivity index (χ0n) is 14.9. The summed E-state index contributed by atoms with van der Waals surface area (Å²) in [6, 6.07) is 8.47. The summed E-state index contributed by atoms with van der Waals surface area (Å²) in [7, 11) is 0. The van der Waals surface area contributed by atoms with Crippen LogP contribution in [-0.2, 0) is 6.18 Å². The molecule has 0 bridgehead atoms. The largest absolute Gasteiger partial charge is 0.416 e. The number of benzene rings is 2. The zero-order valence-corrected chi connectivity index (χ0v) is 14.9. The lowest BCUT2D eigenvalue weighted by Crippen LogP contribution is -2.15. The number of anilines is 1. The first-order chi connectivity index (χ1) is 14.2. The summed E-state index contributed by atoms with van der Waals surface area (Å²) in [6.07, 6.45) is -4.46. The van der Waals surface area contributed by atoms with Crippen LogP contribution in [0, 0.1) is 0 Å². The maximum Gasteiger partial charge on any atom is 0.416 e. The number of rotatable bonds is 4. The van der Waals surface area contributed by atoms with Gasteiger partial charge >= 0.3 is 6.18 Å². The van der Waals surface area contributed by atoms with Gasteiger partial charge in [-0.25, -0.2) is 18.4 Å². The van der Waals surface area contributed by atoms with Crippen molar-refractivity contribution in [2.24, 2.45) is 0 Å². The van der Waals surface area contributed by atoms with Crippen LogP contribution in [0.15, 0.2) is 54.9 Å². The number of carbonyl (C=O) groups excluding carboxylic acids is 1. The predicted octanol–water partition coefficient (Wildman–Crippen LogP) is 4.96. The van der Waals surface area contributed by atoms with Crippen molar-refractivity contribution in [2.45, 2.75) is 12.6 Å². The highest BCUT2D eigenvalue weighted by Crippen LogP contribution is 2.33. The number of aromatic nitrogens is 4. The molecule has 0 aliphatic rings. The van der Waals surface area contributed by atoms with Crippen LogP contribution in [-0.4, -0.2) is 25.7 Å². The van der Waals surface area contributed by atoms with Crippen LogP contribution in [0.2, 0.25) is 0 Å². The zero-order chi connectivity index (χ0) is 21.5. The van der Waals surface area contributed by atoms with Gasteiger partial charge in [0.2, 0.25) is 0 Å². The molecule has 30 heavy (non-hydrogen) atoms. The van der Waals surface area contributed by atoms with E-state index in [0.29, 0.717) is 0 Å². The van der Waals surface area contributed by atoms with E-state index >= 15 is 0 Å². The van der Waals surface area contributed by atoms with E-state index in [-0.39, 0.29) is 28.0 Å². The normalized spacial score (nSPS) is 11.9. The van der Waals surface area contributed by atoms with Crippen LogP contribution in [0.5, 0.6) is 0 Å². The number of hydrogen-bond donors (Lipinski definition) is 2. The van der Waals surface area contributed by atoms with E-state index in [1.165, 1.54) is 41.3 Å². The first kappa shape index (κ1) is 19.6. The van der Waals surface area contributed by atoms with Crippen LogP contribution in [0.4, 0.5) is 27.6 Å². The summed E-state index contributed by atoms with van der Waals surface area (Å²) in [4.78, 5) is 18.8. The Kier molecular flexibility index (Phi) is 4.72. The number of nitrogens with one attached hydrogen (secondary N) is 2. The third-order valence-electron chi connectivity index (χ3n) is 4.29. The number of hydrogen-bond acceptors (Lipinski definition) is 3. The average molecular weight is 421 g/mol. The Morgan fingerprint density at radius 3 is 2.60 bits per heavy atom. The minimum absolute atomic E-state index is 0.0517. The highest BCUT2D eigenvalue weighted by molar-refractivity contribution is 6.06. The van der Waals surface area contributed by atoms with Crippen molar-refractivity contribution in [3.63, 3.8) is 0 Å². The van der Waals surface area contributed by atoms with E-state index in [0.717, 1.165) is 12.1 Å². The molecule has 0 aliphatic heterocycles. The summed E-state index contributed by atoms with van der Waals surface area (Å²) in [6.45, 7) is 0. The number of alkyl halides is 5. The first-order valence-corrected chi connectivity index (χ1v) is 8.53. The van der Waals surface area contributed by atoms with Gasteiger partial charge in [-0.2, -0.15) is 18.3 Å². The monoisotopic (exact) mass is 421 g/mol. The fraction of sp³-hybridized carbons (Fsp3) is 0.105. The molecule has 0 fully saturated rings. The van der Waals surface area contributed by atoms with Gasteiger partial charge in [0.15, 0.2) is 5.82 Å². The molecule has 0 radical (unpaired) electrons. The predicted molar refractivity (Wildman–Crippen MR) is 97.6 cm³/mol. The van der Waals surface area contributed by atoms with Gasteiger partial charge in [0.25, 0.3) is 12.3 Å². The lowest BCUT2D eigenvalue weighted by Gasteiger charge is -2.14. The summed E-state index contributed by atoms with van der Waals surface area (Å²) < 4.78 is 66.3. The third kappa shape index (κ3) is 3.73. The molecule has 0 aliphatic carbocycles. The summed E-state index contributed by atoms with van der Waals surface area (Å²) >= 11 is 0. The second kappa shape index (κ2) is 7.25. The number of H-pyrrole nitrogens is 1. The highest BCUT2D eigenvalue weighted by Gasteiger charge is 2.31. The van der Waals surface area contributed by atoms with Gasteiger partial charge in [-0.1, -0.05) is 0 Å². The molecule has 2 N–H and O–H groups in total. The molecular weight excluding hydrogens is 409 g/mol. The smallest absolute Gasteiger partial charge is 0.337 e. The third-order valence-corrected chi connectivity index (χ3v) is 4.29. The number of amides is 1. The Morgan fingerprint density at radius 1 is 1.13 bits per heavy atom. The maximum atomic E-state index is 13.1. The lowest BCUT2D eigenvalue weighted by atomic mass is 10.1. The number of carbonyl (C=O) groups is 1. The Bertz CT molecular complexity index is 1210. The summed E-state index contributed by atoms with van der Waals surface area (Å²) in [5, 5.41) is 6.42. The molecule has 154 valence electrons. The molecule has 2 heterocycles. The Hall–Kier alpha value is -3.76. The van der Waals surface area contributed by atoms with Crippen LogP contribution >= 0.6 is 0 Å². The van der Waals surface area contributed by atoms with Crippen LogP contribution < -0.4 is 5.32 Å². The standard InChI is InChI=1S/C19H12F5N5O/c20-16(21)17-26-12-4-2-10(8-13(12)27-17)18(30)28-14-9-11(19(22,23)24)3-5-15(14)29-7-1-6-25-29/h1-9,16H,(H,26,27)(H,28,30). The molecule has 2 aromatic heterocycles. The van der Waals surface area contributed by atoms with E-state index in [1.807, 2.05) is 0 Å². The molecule has 4 aromatic rings. The molecule has 0 saturated carbocycles. The Balaban J connectivity index is 1.70. The van der Waals surface area contributed by atoms with Crippen LogP contribution in [0.25, 0.3) is 16.7 Å². The number of imidazole rings is 1. The minimum atomic E-state index is -4.61. The number of fused-ring (bicyclic) bond motifs is 1. The molecule has 0 unspecified atom stereocenters. The van der Waals surface area contributed by atoms with Gasteiger partial charge < -0.3 is 10.3 Å². The number of nitrogens with zero attached hydrogens (tertiary/aromatic N) is 3. The van der Waals surface area contributed by atoms with Crippen molar-refractivity contribution in [3.05, 3.63) is 71.8 Å². The fourth-order valence-corrected chi connectivity index (χ4v) is 2.89. The van der Waals surface area contributed by atoms with E-state index in [1.54, 1.807) is 6.07 Å². The Labute approximate surface area is 165 Å². The molecule has 1 amide bonds. The van der Waals surface area contributed by atoms with Crippen molar-refractivity contribution in [3.8, 4) is 5.69 Å². The molecule has 0 atom stereocenters. The van der Waals surface area contributed by atoms with E-state index in [2.05, 4.69) is 20.4 Å². The van der Waals surface area contributed by atoms with E-state index in [9.17, 15) is 26.7 Å². The Morgan fingerprint density at radius 2 is 1.93 bits per heavy atom.